The van der Waals surface area contributed by atoms with Crippen molar-refractivity contribution in [2.24, 2.45) is 5.92 Å². The second kappa shape index (κ2) is 13.8. The van der Waals surface area contributed by atoms with E-state index in [0.29, 0.717) is 48.4 Å². The van der Waals surface area contributed by atoms with E-state index in [0.717, 1.165) is 46.7 Å². The summed E-state index contributed by atoms with van der Waals surface area (Å²) in [5.74, 6) is 0.955. The van der Waals surface area contributed by atoms with Crippen LogP contribution < -0.4 is 15.0 Å². The van der Waals surface area contributed by atoms with Crippen molar-refractivity contribution < 1.29 is 23.9 Å². The van der Waals surface area contributed by atoms with E-state index in [4.69, 9.17) is 21.1 Å². The van der Waals surface area contributed by atoms with E-state index in [2.05, 4.69) is 22.5 Å². The van der Waals surface area contributed by atoms with Gasteiger partial charge in [0.15, 0.2) is 0 Å². The van der Waals surface area contributed by atoms with Gasteiger partial charge < -0.3 is 19.7 Å². The van der Waals surface area contributed by atoms with Crippen LogP contribution >= 0.6 is 11.6 Å². The fraction of sp³-hybridized carbons (Fsp3) is 0.333. The van der Waals surface area contributed by atoms with Crippen LogP contribution in [0.4, 0.5) is 5.69 Å². The maximum atomic E-state index is 13.5. The first-order valence-electron chi connectivity index (χ1n) is 15.7. The highest BCUT2D eigenvalue weighted by molar-refractivity contribution is 6.31. The van der Waals surface area contributed by atoms with Gasteiger partial charge in [-0.15, -0.1) is 0 Å². The van der Waals surface area contributed by atoms with Crippen LogP contribution in [0.25, 0.3) is 11.1 Å². The summed E-state index contributed by atoms with van der Waals surface area (Å²) in [6.07, 6.45) is 5.96. The van der Waals surface area contributed by atoms with E-state index >= 15 is 0 Å². The van der Waals surface area contributed by atoms with Crippen molar-refractivity contribution in [2.45, 2.75) is 45.6 Å². The number of aromatic nitrogens is 2. The smallest absolute Gasteiger partial charge is 0.325 e. The molecule has 1 aliphatic heterocycles. The molecule has 0 saturated heterocycles. The number of hydrogen-bond donors (Lipinski definition) is 1. The van der Waals surface area contributed by atoms with Crippen LogP contribution in [0.15, 0.2) is 73.1 Å². The number of carbonyl (C=O) groups excluding carboxylic acids is 3. The van der Waals surface area contributed by atoms with E-state index in [1.807, 2.05) is 65.3 Å². The molecule has 1 aromatic heterocycles. The Kier molecular flexibility index (Phi) is 9.40. The second-order valence-electron chi connectivity index (χ2n) is 11.8. The Bertz CT molecular complexity index is 1770. The lowest BCUT2D eigenvalue weighted by molar-refractivity contribution is -0.141. The molecule has 1 aliphatic carbocycles. The van der Waals surface area contributed by atoms with Crippen LogP contribution in [0, 0.1) is 12.8 Å². The molecule has 3 aromatic carbocycles. The topological polar surface area (TPSA) is 103 Å². The maximum absolute atomic E-state index is 13.5. The fourth-order valence-corrected chi connectivity index (χ4v) is 6.31. The van der Waals surface area contributed by atoms with Crippen molar-refractivity contribution in [2.75, 3.05) is 31.2 Å². The van der Waals surface area contributed by atoms with Gasteiger partial charge in [0.05, 0.1) is 26.0 Å². The molecule has 9 nitrogen and oxygen atoms in total. The number of benzene rings is 3. The third-order valence-electron chi connectivity index (χ3n) is 8.57. The molecule has 1 fully saturated rings. The lowest BCUT2D eigenvalue weighted by atomic mass is 9.92. The Hall–Kier alpha value is -4.63. The maximum Gasteiger partial charge on any atom is 0.325 e. The number of esters is 1. The molecule has 2 atom stereocenters. The molecule has 46 heavy (non-hydrogen) atoms. The highest BCUT2D eigenvalue weighted by atomic mass is 35.5. The third-order valence-corrected chi connectivity index (χ3v) is 8.98. The van der Waals surface area contributed by atoms with Gasteiger partial charge in [-0.1, -0.05) is 41.9 Å². The molecule has 1 saturated carbocycles. The summed E-state index contributed by atoms with van der Waals surface area (Å²) in [5.41, 5.74) is 6.56. The zero-order valence-electron chi connectivity index (χ0n) is 26.0. The normalized spacial score (nSPS) is 16.3. The first kappa shape index (κ1) is 31.4. The molecular weight excluding hydrogens is 604 g/mol. The van der Waals surface area contributed by atoms with E-state index in [-0.39, 0.29) is 25.0 Å². The zero-order chi connectivity index (χ0) is 32.2. The molecule has 1 N–H and O–H groups in total. The van der Waals surface area contributed by atoms with E-state index in [1.54, 1.807) is 19.1 Å². The van der Waals surface area contributed by atoms with Crippen LogP contribution in [-0.4, -0.2) is 53.9 Å². The van der Waals surface area contributed by atoms with Gasteiger partial charge in [-0.3, -0.25) is 19.1 Å². The predicted molar refractivity (Wildman–Crippen MR) is 176 cm³/mol. The van der Waals surface area contributed by atoms with Crippen molar-refractivity contribution in [1.29, 1.82) is 0 Å². The molecule has 2 heterocycles. The van der Waals surface area contributed by atoms with Gasteiger partial charge in [0, 0.05) is 46.6 Å². The molecule has 6 rings (SSSR count). The van der Waals surface area contributed by atoms with E-state index < -0.39 is 5.97 Å². The largest absolute Gasteiger partial charge is 0.493 e. The Morgan fingerprint density at radius 2 is 1.91 bits per heavy atom. The Morgan fingerprint density at radius 1 is 1.09 bits per heavy atom. The highest BCUT2D eigenvalue weighted by Crippen LogP contribution is 2.57. The van der Waals surface area contributed by atoms with Crippen molar-refractivity contribution >= 4 is 35.1 Å². The number of nitrogens with zero attached hydrogens (tertiary/aromatic N) is 3. The number of carbonyl (C=O) groups is 3. The molecular formula is C36H37ClN4O5. The van der Waals surface area contributed by atoms with Crippen LogP contribution in [0.2, 0.25) is 5.02 Å². The van der Waals surface area contributed by atoms with Crippen LogP contribution in [0.5, 0.6) is 5.75 Å². The number of hydrogen-bond acceptors (Lipinski definition) is 6. The minimum atomic E-state index is -0.473. The molecule has 0 bridgehead atoms. The summed E-state index contributed by atoms with van der Waals surface area (Å²) in [6.45, 7) is 5.40. The quantitative estimate of drug-likeness (QED) is 0.147. The first-order chi connectivity index (χ1) is 22.3. The number of nitrogens with one attached hydrogen (secondary N) is 1. The number of rotatable bonds is 12. The summed E-state index contributed by atoms with van der Waals surface area (Å²) in [6, 6.07) is 19.0. The molecule has 238 valence electrons. The second-order valence-corrected chi connectivity index (χ2v) is 12.2. The molecule has 2 amide bonds. The van der Waals surface area contributed by atoms with Gasteiger partial charge in [0.1, 0.15) is 12.3 Å². The highest BCUT2D eigenvalue weighted by Gasteiger charge is 2.47. The third kappa shape index (κ3) is 6.94. The standard InChI is InChI=1S/C36H37ClN4O5/c1-3-45-34(43)19-38-36(44)25-9-4-8-24(16-25)20-40-21-27(18-39-40)28-10-5-12-31-35(28)29-17-26(29)22-41(31)33(42)14-7-15-46-32-13-6-11-30(37)23(32)2/h4-6,8-13,16,18,21,26,29H,3,7,14-15,17,19-20,22H2,1-2H3,(H,38,44)/t26-,29-/m0/s1. The van der Waals surface area contributed by atoms with Gasteiger partial charge >= 0.3 is 5.97 Å². The van der Waals surface area contributed by atoms with Crippen LogP contribution in [0.1, 0.15) is 59.2 Å². The SMILES string of the molecule is CCOC(=O)CNC(=O)c1cccc(Cn2cc(-c3cccc4c3[C@H]3C[C@H]3CN4C(=O)CCCOc3cccc(Cl)c3C)cn2)c1. The fourth-order valence-electron chi connectivity index (χ4n) is 6.14. The Morgan fingerprint density at radius 3 is 2.76 bits per heavy atom. The average molecular weight is 641 g/mol. The number of ether oxygens (including phenoxy) is 2. The predicted octanol–water partition coefficient (Wildman–Crippen LogP) is 6.16. The molecule has 0 spiro atoms. The van der Waals surface area contributed by atoms with E-state index in [1.165, 1.54) is 5.56 Å². The lowest BCUT2D eigenvalue weighted by Crippen LogP contribution is -2.36. The molecule has 4 aromatic rings. The molecule has 0 unspecified atom stereocenters. The zero-order valence-corrected chi connectivity index (χ0v) is 26.8. The molecule has 0 radical (unpaired) electrons. The summed E-state index contributed by atoms with van der Waals surface area (Å²) >= 11 is 6.21. The van der Waals surface area contributed by atoms with Crippen LogP contribution in [-0.2, 0) is 20.9 Å². The number of amides is 2. The summed E-state index contributed by atoms with van der Waals surface area (Å²) in [4.78, 5) is 39.6. The minimum absolute atomic E-state index is 0.108. The number of fused-ring (bicyclic) bond motifs is 3. The lowest BCUT2D eigenvalue weighted by Gasteiger charge is -2.30. The van der Waals surface area contributed by atoms with E-state index in [9.17, 15) is 14.4 Å². The van der Waals surface area contributed by atoms with Crippen molar-refractivity contribution in [3.05, 3.63) is 100 Å². The summed E-state index contributed by atoms with van der Waals surface area (Å²) in [5, 5.41) is 7.89. The Balaban J connectivity index is 1.11. The van der Waals surface area contributed by atoms with Crippen LogP contribution in [0.3, 0.4) is 0 Å². The monoisotopic (exact) mass is 640 g/mol. The molecule has 10 heteroatoms. The average Bonchev–Trinajstić information content (AvgIpc) is 3.71. The summed E-state index contributed by atoms with van der Waals surface area (Å²) < 4.78 is 12.6. The van der Waals surface area contributed by atoms with Gasteiger partial charge in [-0.2, -0.15) is 5.10 Å². The minimum Gasteiger partial charge on any atom is -0.493 e. The van der Waals surface area contributed by atoms with Crippen molar-refractivity contribution in [3.8, 4) is 16.9 Å². The van der Waals surface area contributed by atoms with Gasteiger partial charge in [-0.05, 0) is 85.5 Å². The van der Waals surface area contributed by atoms with Crippen molar-refractivity contribution in [3.63, 3.8) is 0 Å². The van der Waals surface area contributed by atoms with Gasteiger partial charge in [0.25, 0.3) is 5.91 Å². The number of halogens is 1. The van der Waals surface area contributed by atoms with Gasteiger partial charge in [0.2, 0.25) is 5.91 Å². The number of anilines is 1. The van der Waals surface area contributed by atoms with Crippen molar-refractivity contribution in [1.82, 2.24) is 15.1 Å². The Labute approximate surface area is 273 Å². The summed E-state index contributed by atoms with van der Waals surface area (Å²) in [7, 11) is 0. The molecule has 2 aliphatic rings. The first-order valence-corrected chi connectivity index (χ1v) is 16.1. The van der Waals surface area contributed by atoms with Gasteiger partial charge in [-0.25, -0.2) is 0 Å².